The second-order valence-electron chi connectivity index (χ2n) is 26.3. The molecule has 2 fully saturated rings. The minimum atomic E-state index is -1.48. The SMILES string of the molecule is CC[C@H](C)[C@@H]1NC(=O)[C@H](C)N(C)C(=O)C[C@H](C(=O)N2CCCC2)NC(=O)[C@H](C(C)C)N(C)C(=O)[C@H](Cc2ccccc2)N(C)C(=O)[C@H](Cc2cccc(C)c2)NC(=O)[C@H](Cc2cccc(Cl)c2)NC(=O)CN(C)C(=O)[C@H](Cc2ccc(Cl)cc2)N(C)C(=O)CN(C)C(=O)CN(C)C1=O. The van der Waals surface area contributed by atoms with E-state index in [1.165, 1.54) is 66.1 Å². The zero-order valence-electron chi connectivity index (χ0n) is 58.5. The molecule has 530 valence electrons. The quantitative estimate of drug-likeness (QED) is 0.157. The van der Waals surface area contributed by atoms with Crippen molar-refractivity contribution >= 4 is 94.1 Å². The third-order valence-corrected chi connectivity index (χ3v) is 19.0. The number of aryl methyl sites for hydroxylation is 1. The summed E-state index contributed by atoms with van der Waals surface area (Å²) in [6.45, 7) is 9.22. The molecule has 0 aromatic heterocycles. The van der Waals surface area contributed by atoms with Gasteiger partial charge in [-0.15, -0.1) is 0 Å². The Hall–Kier alpha value is -8.90. The molecule has 0 spiro atoms. The number of amides is 12. The Morgan fingerprint density at radius 3 is 1.66 bits per heavy atom. The fraction of sp³-hybridized carbons (Fsp3) is 0.500. The van der Waals surface area contributed by atoms with Crippen LogP contribution in [0.1, 0.15) is 88.1 Å². The Morgan fingerprint density at radius 1 is 0.500 bits per heavy atom. The first-order valence-corrected chi connectivity index (χ1v) is 33.9. The van der Waals surface area contributed by atoms with E-state index in [-0.39, 0.29) is 25.7 Å². The zero-order valence-corrected chi connectivity index (χ0v) is 60.0. The molecule has 6 rings (SSSR count). The molecule has 4 aromatic rings. The first-order valence-electron chi connectivity index (χ1n) is 33.2. The Balaban J connectivity index is 1.46. The Labute approximate surface area is 585 Å². The molecule has 2 aliphatic rings. The molecule has 4 N–H and O–H groups in total. The molecule has 12 amide bonds. The van der Waals surface area contributed by atoms with E-state index in [1.54, 1.807) is 117 Å². The predicted molar refractivity (Wildman–Crippen MR) is 373 cm³/mol. The van der Waals surface area contributed by atoms with Crippen molar-refractivity contribution in [1.29, 1.82) is 0 Å². The molecule has 0 bridgehead atoms. The highest BCUT2D eigenvalue weighted by molar-refractivity contribution is 6.31. The first-order chi connectivity index (χ1) is 46.3. The van der Waals surface area contributed by atoms with E-state index in [0.717, 1.165) is 30.1 Å². The minimum absolute atomic E-state index is 0.0731. The van der Waals surface area contributed by atoms with Crippen LogP contribution in [0.5, 0.6) is 0 Å². The van der Waals surface area contributed by atoms with Gasteiger partial charge in [0.2, 0.25) is 70.9 Å². The van der Waals surface area contributed by atoms with Crippen molar-refractivity contribution in [2.24, 2.45) is 11.8 Å². The largest absolute Gasteiger partial charge is 0.342 e. The molecule has 0 aliphatic carbocycles. The molecular weight excluding hydrogens is 1300 g/mol. The molecule has 98 heavy (non-hydrogen) atoms. The summed E-state index contributed by atoms with van der Waals surface area (Å²) in [6, 6.07) is 18.6. The van der Waals surface area contributed by atoms with Crippen LogP contribution in [0.4, 0.5) is 0 Å². The lowest BCUT2D eigenvalue weighted by molar-refractivity contribution is -0.150. The van der Waals surface area contributed by atoms with Crippen LogP contribution >= 0.6 is 23.2 Å². The molecule has 0 saturated carbocycles. The number of hydrogen-bond acceptors (Lipinski definition) is 12. The standard InChI is InChI=1S/C72H96Cl2N12O12/c1-14-46(5)63-72(98)81(9)42-61(89)79(7)43-62(90)83(11)57(39-49-28-30-52(73)31-29-49)70(96)80(8)41-59(87)75-54(36-51-26-21-27-53(74)35-51)66(92)76-55(37-50-25-20-22-45(4)34-50)68(94)84(12)58(38-48-23-16-15-17-24-48)71(97)85(13)64(44(2)3)67(93)77-56(69(95)86-32-18-19-33-86)40-60(88)82(10)47(6)65(91)78-63/h15-17,20-31,34-35,44,46-47,54-58,63-64H,14,18-19,32-33,36-43H2,1-13H3,(H,75,87)(H,76,92)(H,77,93)(H,78,91)/t46-,47-,54-,55-,56+,57-,58-,63-,64-/m0/s1. The molecule has 2 saturated heterocycles. The first kappa shape index (κ1) is 78.1. The van der Waals surface area contributed by atoms with Gasteiger partial charge in [0.15, 0.2) is 0 Å². The normalized spacial score (nSPS) is 23.4. The molecule has 26 heteroatoms. The van der Waals surface area contributed by atoms with Crippen molar-refractivity contribution in [2.75, 3.05) is 82.1 Å². The van der Waals surface area contributed by atoms with Crippen LogP contribution in [0.25, 0.3) is 0 Å². The lowest BCUT2D eigenvalue weighted by Gasteiger charge is -2.38. The van der Waals surface area contributed by atoms with Crippen LogP contribution in [-0.2, 0) is 83.2 Å². The van der Waals surface area contributed by atoms with E-state index in [1.807, 2.05) is 26.0 Å². The topological polar surface area (TPSA) is 279 Å². The van der Waals surface area contributed by atoms with Gasteiger partial charge in [-0.3, -0.25) is 57.5 Å². The molecule has 24 nitrogen and oxygen atoms in total. The second-order valence-corrected chi connectivity index (χ2v) is 27.2. The number of benzene rings is 4. The summed E-state index contributed by atoms with van der Waals surface area (Å²) in [7, 11) is 9.65. The number of carbonyl (C=O) groups excluding carboxylic acids is 12. The van der Waals surface area contributed by atoms with E-state index in [9.17, 15) is 38.4 Å². The summed E-state index contributed by atoms with van der Waals surface area (Å²) in [5.74, 6) is -9.68. The molecular formula is C72H96Cl2N12O12. The molecule has 2 heterocycles. The average molecular weight is 1390 g/mol. The van der Waals surface area contributed by atoms with E-state index in [4.69, 9.17) is 23.2 Å². The molecule has 0 unspecified atom stereocenters. The number of nitrogens with zero attached hydrogens (tertiary/aromatic N) is 8. The molecule has 2 aliphatic heterocycles. The van der Waals surface area contributed by atoms with E-state index < -0.39 is 157 Å². The van der Waals surface area contributed by atoms with Gasteiger partial charge < -0.3 is 60.5 Å². The third-order valence-electron chi connectivity index (χ3n) is 18.5. The lowest BCUT2D eigenvalue weighted by atomic mass is 9.97. The van der Waals surface area contributed by atoms with E-state index in [2.05, 4.69) is 21.3 Å². The van der Waals surface area contributed by atoms with Crippen molar-refractivity contribution in [1.82, 2.24) is 60.5 Å². The van der Waals surface area contributed by atoms with Gasteiger partial charge >= 0.3 is 0 Å². The highest BCUT2D eigenvalue weighted by Crippen LogP contribution is 2.23. The third kappa shape index (κ3) is 21.3. The smallest absolute Gasteiger partial charge is 0.246 e. The van der Waals surface area contributed by atoms with Crippen molar-refractivity contribution in [3.05, 3.63) is 141 Å². The molecule has 9 atom stereocenters. The van der Waals surface area contributed by atoms with Gasteiger partial charge in [-0.2, -0.15) is 0 Å². The maximum absolute atomic E-state index is 15.6. The summed E-state index contributed by atoms with van der Waals surface area (Å²) in [6.07, 6.45) is 0.733. The summed E-state index contributed by atoms with van der Waals surface area (Å²) in [5.41, 5.74) is 3.23. The number of likely N-dealkylation sites (N-methyl/N-ethyl adjacent to an activating group) is 7. The maximum Gasteiger partial charge on any atom is 0.246 e. The highest BCUT2D eigenvalue weighted by Gasteiger charge is 2.42. The number of carbonyl (C=O) groups is 12. The Kier molecular flexibility index (Phi) is 28.8. The lowest BCUT2D eigenvalue weighted by Crippen LogP contribution is -2.61. The van der Waals surface area contributed by atoms with E-state index >= 15 is 19.2 Å². The number of rotatable bonds is 12. The number of nitrogens with one attached hydrogen (secondary N) is 4. The van der Waals surface area contributed by atoms with Crippen LogP contribution in [0.15, 0.2) is 103 Å². The number of halogens is 2. The van der Waals surface area contributed by atoms with Crippen LogP contribution in [0, 0.1) is 18.8 Å². The zero-order chi connectivity index (χ0) is 72.4. The van der Waals surface area contributed by atoms with Crippen molar-refractivity contribution in [2.45, 2.75) is 141 Å². The van der Waals surface area contributed by atoms with Crippen molar-refractivity contribution in [3.8, 4) is 0 Å². The fourth-order valence-electron chi connectivity index (χ4n) is 12.1. The van der Waals surface area contributed by atoms with Crippen molar-refractivity contribution < 1.29 is 57.5 Å². The summed E-state index contributed by atoms with van der Waals surface area (Å²) >= 11 is 12.7. The van der Waals surface area contributed by atoms with Crippen molar-refractivity contribution in [3.63, 3.8) is 0 Å². The van der Waals surface area contributed by atoms with Crippen LogP contribution < -0.4 is 21.3 Å². The molecule has 0 radical (unpaired) electrons. The Morgan fingerprint density at radius 2 is 1.06 bits per heavy atom. The van der Waals surface area contributed by atoms with Crippen LogP contribution in [-0.4, -0.2) is 240 Å². The number of hydrogen-bond donors (Lipinski definition) is 4. The van der Waals surface area contributed by atoms with Gasteiger partial charge in [-0.25, -0.2) is 0 Å². The van der Waals surface area contributed by atoms with Gasteiger partial charge in [0, 0.05) is 98.2 Å². The van der Waals surface area contributed by atoms with Gasteiger partial charge in [0.25, 0.3) is 0 Å². The van der Waals surface area contributed by atoms with Gasteiger partial charge in [-0.05, 0) is 85.0 Å². The van der Waals surface area contributed by atoms with Gasteiger partial charge in [0.05, 0.1) is 26.1 Å². The predicted octanol–water partition coefficient (Wildman–Crippen LogP) is 3.94. The summed E-state index contributed by atoms with van der Waals surface area (Å²) in [5, 5.41) is 12.0. The summed E-state index contributed by atoms with van der Waals surface area (Å²) in [4.78, 5) is 186. The van der Waals surface area contributed by atoms with Gasteiger partial charge in [0.1, 0.15) is 48.3 Å². The number of likely N-dealkylation sites (tertiary alicyclic amines) is 1. The highest BCUT2D eigenvalue weighted by atomic mass is 35.5. The Bertz CT molecular complexity index is 3520. The molecule has 4 aromatic carbocycles. The monoisotopic (exact) mass is 1390 g/mol. The fourth-order valence-corrected chi connectivity index (χ4v) is 12.4. The van der Waals surface area contributed by atoms with Gasteiger partial charge in [-0.1, -0.05) is 142 Å². The van der Waals surface area contributed by atoms with E-state index in [0.29, 0.717) is 64.7 Å². The minimum Gasteiger partial charge on any atom is -0.342 e. The van der Waals surface area contributed by atoms with Crippen LogP contribution in [0.3, 0.4) is 0 Å². The average Bonchev–Trinajstić information content (AvgIpc) is 0.905. The summed E-state index contributed by atoms with van der Waals surface area (Å²) < 4.78 is 0. The maximum atomic E-state index is 15.6. The van der Waals surface area contributed by atoms with Crippen LogP contribution in [0.2, 0.25) is 10.0 Å². The second kappa shape index (κ2) is 36.1.